The van der Waals surface area contributed by atoms with Crippen LogP contribution in [0.1, 0.15) is 48.0 Å². The van der Waals surface area contributed by atoms with Crippen molar-refractivity contribution < 1.29 is 23.4 Å². The molecule has 8 heteroatoms. The number of nitrogens with one attached hydrogen (secondary N) is 1. The molecule has 6 nitrogen and oxygen atoms in total. The van der Waals surface area contributed by atoms with Crippen LogP contribution in [0.4, 0.5) is 4.79 Å². The van der Waals surface area contributed by atoms with Crippen molar-refractivity contribution in [1.82, 2.24) is 5.32 Å². The number of carbonyl (C=O) groups excluding carboxylic acids is 1. The van der Waals surface area contributed by atoms with E-state index in [1.54, 1.807) is 25.3 Å². The molecule has 1 amide bonds. The molecular weight excluding hydrogens is 422 g/mol. The van der Waals surface area contributed by atoms with Gasteiger partial charge in [0.25, 0.3) is 0 Å². The highest BCUT2D eigenvalue weighted by molar-refractivity contribution is 6.74. The summed E-state index contributed by atoms with van der Waals surface area (Å²) in [6, 6.07) is 5.24. The largest absolute Gasteiger partial charge is 0.497 e. The SMILES string of the molecule is COc1cc(Cl)cc(OCC(CCOC(=O)NC(C)(C)C)O[Si](C)(C)C(C)(C)C)c1. The third-order valence-corrected chi connectivity index (χ3v) is 9.69. The highest BCUT2D eigenvalue weighted by Gasteiger charge is 2.39. The fraction of sp³-hybridized carbons (Fsp3) is 0.682. The molecule has 172 valence electrons. The fourth-order valence-corrected chi connectivity index (χ4v) is 3.91. The van der Waals surface area contributed by atoms with Gasteiger partial charge in [0.05, 0.1) is 19.8 Å². The summed E-state index contributed by atoms with van der Waals surface area (Å²) < 4.78 is 23.1. The van der Waals surface area contributed by atoms with E-state index < -0.39 is 14.4 Å². The van der Waals surface area contributed by atoms with Crippen molar-refractivity contribution in [2.75, 3.05) is 20.3 Å². The van der Waals surface area contributed by atoms with E-state index in [-0.39, 0.29) is 23.3 Å². The third kappa shape index (κ3) is 9.58. The summed E-state index contributed by atoms with van der Waals surface area (Å²) in [6.45, 7) is 17.2. The smallest absolute Gasteiger partial charge is 0.407 e. The van der Waals surface area contributed by atoms with E-state index in [9.17, 15) is 4.79 Å². The molecule has 1 N–H and O–H groups in total. The van der Waals surface area contributed by atoms with Gasteiger partial charge >= 0.3 is 6.09 Å². The molecule has 0 aliphatic heterocycles. The van der Waals surface area contributed by atoms with E-state index in [2.05, 4.69) is 39.2 Å². The second-order valence-corrected chi connectivity index (χ2v) is 15.1. The number of hydrogen-bond acceptors (Lipinski definition) is 5. The summed E-state index contributed by atoms with van der Waals surface area (Å²) in [5, 5.41) is 3.38. The first-order chi connectivity index (χ1) is 13.6. The van der Waals surface area contributed by atoms with Crippen LogP contribution < -0.4 is 14.8 Å². The number of benzene rings is 1. The standard InChI is InChI=1S/C22H38ClNO5Si/c1-21(2,3)24-20(25)27-11-10-17(29-30(8,9)22(4,5)6)15-28-19-13-16(23)12-18(14-19)26-7/h12-14,17H,10-11,15H2,1-9H3,(H,24,25). The molecule has 1 rings (SSSR count). The van der Waals surface area contributed by atoms with Gasteiger partial charge in [-0.25, -0.2) is 4.79 Å². The molecule has 1 atom stereocenters. The van der Waals surface area contributed by atoms with Gasteiger partial charge in [0.2, 0.25) is 0 Å². The zero-order valence-corrected chi connectivity index (χ0v) is 21.6. The van der Waals surface area contributed by atoms with Crippen molar-refractivity contribution in [2.24, 2.45) is 0 Å². The molecular formula is C22H38ClNO5Si. The van der Waals surface area contributed by atoms with Crippen LogP contribution in [0.3, 0.4) is 0 Å². The maximum absolute atomic E-state index is 11.9. The Morgan fingerprint density at radius 2 is 1.70 bits per heavy atom. The Hall–Kier alpha value is -1.44. The number of rotatable bonds is 9. The number of alkyl carbamates (subject to hydrolysis) is 1. The summed E-state index contributed by atoms with van der Waals surface area (Å²) in [5.41, 5.74) is -0.344. The first-order valence-corrected chi connectivity index (χ1v) is 13.5. The molecule has 30 heavy (non-hydrogen) atoms. The first kappa shape index (κ1) is 26.6. The molecule has 0 aliphatic rings. The lowest BCUT2D eigenvalue weighted by atomic mass is 10.1. The van der Waals surface area contributed by atoms with Gasteiger partial charge in [0.15, 0.2) is 8.32 Å². The normalized spacial score (nSPS) is 13.5. The van der Waals surface area contributed by atoms with Crippen LogP contribution in [-0.2, 0) is 9.16 Å². The predicted octanol–water partition coefficient (Wildman–Crippen LogP) is 6.03. The van der Waals surface area contributed by atoms with Crippen molar-refractivity contribution in [3.63, 3.8) is 0 Å². The zero-order chi connectivity index (χ0) is 23.2. The second-order valence-electron chi connectivity index (χ2n) is 9.94. The molecule has 0 bridgehead atoms. The maximum Gasteiger partial charge on any atom is 0.407 e. The average molecular weight is 460 g/mol. The minimum Gasteiger partial charge on any atom is -0.497 e. The molecule has 0 saturated carbocycles. The number of carbonyl (C=O) groups is 1. The van der Waals surface area contributed by atoms with E-state index in [1.807, 2.05) is 20.8 Å². The summed E-state index contributed by atoms with van der Waals surface area (Å²) in [7, 11) is -0.455. The monoisotopic (exact) mass is 459 g/mol. The number of methoxy groups -OCH3 is 1. The van der Waals surface area contributed by atoms with Gasteiger partial charge in [-0.05, 0) is 51.0 Å². The quantitative estimate of drug-likeness (QED) is 0.456. The molecule has 1 unspecified atom stereocenters. The molecule has 1 aromatic carbocycles. The van der Waals surface area contributed by atoms with Gasteiger partial charge in [-0.2, -0.15) is 0 Å². The van der Waals surface area contributed by atoms with Crippen LogP contribution in [0.25, 0.3) is 0 Å². The van der Waals surface area contributed by atoms with E-state index in [4.69, 9.17) is 30.2 Å². The van der Waals surface area contributed by atoms with Crippen LogP contribution in [0.2, 0.25) is 23.2 Å². The Morgan fingerprint density at radius 3 is 2.23 bits per heavy atom. The van der Waals surface area contributed by atoms with Crippen molar-refractivity contribution >= 4 is 26.0 Å². The van der Waals surface area contributed by atoms with Crippen LogP contribution in [0, 0.1) is 0 Å². The summed E-state index contributed by atoms with van der Waals surface area (Å²) >= 11 is 6.13. The van der Waals surface area contributed by atoms with Crippen molar-refractivity contribution in [2.45, 2.75) is 77.7 Å². The van der Waals surface area contributed by atoms with E-state index >= 15 is 0 Å². The number of hydrogen-bond donors (Lipinski definition) is 1. The van der Waals surface area contributed by atoms with Crippen LogP contribution in [0.15, 0.2) is 18.2 Å². The highest BCUT2D eigenvalue weighted by Crippen LogP contribution is 2.37. The summed E-state index contributed by atoms with van der Waals surface area (Å²) in [6.07, 6.45) is -0.130. The van der Waals surface area contributed by atoms with Gasteiger partial charge in [-0.1, -0.05) is 32.4 Å². The summed E-state index contributed by atoms with van der Waals surface area (Å²) in [4.78, 5) is 11.9. The van der Waals surface area contributed by atoms with Gasteiger partial charge in [0, 0.05) is 23.0 Å². The third-order valence-electron chi connectivity index (χ3n) is 4.93. The predicted molar refractivity (Wildman–Crippen MR) is 124 cm³/mol. The zero-order valence-electron chi connectivity index (χ0n) is 19.8. The fourth-order valence-electron chi connectivity index (χ4n) is 2.32. The minimum absolute atomic E-state index is 0.0506. The minimum atomic E-state index is -2.04. The molecule has 0 fully saturated rings. The Bertz CT molecular complexity index is 698. The van der Waals surface area contributed by atoms with Crippen molar-refractivity contribution in [3.05, 3.63) is 23.2 Å². The van der Waals surface area contributed by atoms with E-state index in [0.29, 0.717) is 29.5 Å². The molecule has 0 saturated heterocycles. The lowest BCUT2D eigenvalue weighted by molar-refractivity contribution is 0.0765. The van der Waals surface area contributed by atoms with Crippen LogP contribution in [-0.4, -0.2) is 46.4 Å². The number of halogens is 1. The molecule has 1 aromatic rings. The lowest BCUT2D eigenvalue weighted by Gasteiger charge is -2.39. The van der Waals surface area contributed by atoms with Gasteiger partial charge < -0.3 is 24.0 Å². The maximum atomic E-state index is 11.9. The molecule has 0 heterocycles. The molecule has 0 radical (unpaired) electrons. The highest BCUT2D eigenvalue weighted by atomic mass is 35.5. The first-order valence-electron chi connectivity index (χ1n) is 10.2. The Morgan fingerprint density at radius 1 is 1.10 bits per heavy atom. The molecule has 0 aromatic heterocycles. The summed E-state index contributed by atoms with van der Waals surface area (Å²) in [5.74, 6) is 1.23. The lowest BCUT2D eigenvalue weighted by Crippen LogP contribution is -2.46. The van der Waals surface area contributed by atoms with Crippen molar-refractivity contribution in [3.8, 4) is 11.5 Å². The van der Waals surface area contributed by atoms with Crippen molar-refractivity contribution in [1.29, 1.82) is 0 Å². The topological polar surface area (TPSA) is 66.0 Å². The van der Waals surface area contributed by atoms with Gasteiger partial charge in [-0.15, -0.1) is 0 Å². The second kappa shape index (κ2) is 10.7. The van der Waals surface area contributed by atoms with E-state index in [1.165, 1.54) is 0 Å². The molecule has 0 aliphatic carbocycles. The van der Waals surface area contributed by atoms with Gasteiger partial charge in [0.1, 0.15) is 18.1 Å². The number of amides is 1. The van der Waals surface area contributed by atoms with E-state index in [0.717, 1.165) is 0 Å². The average Bonchev–Trinajstić information content (AvgIpc) is 2.56. The van der Waals surface area contributed by atoms with Crippen LogP contribution in [0.5, 0.6) is 11.5 Å². The Labute approximate surface area is 187 Å². The Balaban J connectivity index is 2.80. The Kier molecular flexibility index (Phi) is 9.51. The molecule has 0 spiro atoms. The number of ether oxygens (including phenoxy) is 3. The van der Waals surface area contributed by atoms with Gasteiger partial charge in [-0.3, -0.25) is 0 Å². The van der Waals surface area contributed by atoms with Crippen LogP contribution >= 0.6 is 11.6 Å².